The van der Waals surface area contributed by atoms with Crippen LogP contribution in [-0.2, 0) is 6.54 Å². The predicted octanol–water partition coefficient (Wildman–Crippen LogP) is 2.49. The number of hydrogen-bond acceptors (Lipinski definition) is 4. The van der Waals surface area contributed by atoms with Crippen LogP contribution in [0, 0.1) is 6.92 Å². The van der Waals surface area contributed by atoms with Crippen molar-refractivity contribution in [2.75, 3.05) is 7.11 Å². The van der Waals surface area contributed by atoms with Crippen LogP contribution in [0.2, 0.25) is 0 Å². The maximum Gasteiger partial charge on any atom is 0.252 e. The lowest BCUT2D eigenvalue weighted by molar-refractivity contribution is 0.0949. The van der Waals surface area contributed by atoms with Gasteiger partial charge >= 0.3 is 0 Å². The number of hydrogen-bond donors (Lipinski definition) is 1. The van der Waals surface area contributed by atoms with Crippen molar-refractivity contribution in [1.29, 1.82) is 0 Å². The van der Waals surface area contributed by atoms with Crippen molar-refractivity contribution in [1.82, 2.24) is 15.3 Å². The van der Waals surface area contributed by atoms with Gasteiger partial charge in [-0.05, 0) is 47.1 Å². The van der Waals surface area contributed by atoms with E-state index in [1.165, 1.54) is 6.33 Å². The molecule has 0 fully saturated rings. The molecule has 0 aliphatic heterocycles. The molecule has 6 heteroatoms. The summed E-state index contributed by atoms with van der Waals surface area (Å²) in [6, 6.07) is 7.09. The number of ether oxygens (including phenoxy) is 1. The Bertz CT molecular complexity index is 632. The topological polar surface area (TPSA) is 64.1 Å². The van der Waals surface area contributed by atoms with E-state index in [4.69, 9.17) is 4.74 Å². The van der Waals surface area contributed by atoms with Crippen LogP contribution in [0.1, 0.15) is 21.7 Å². The third-order valence-corrected chi connectivity index (χ3v) is 3.40. The van der Waals surface area contributed by atoms with Crippen molar-refractivity contribution < 1.29 is 9.53 Å². The maximum atomic E-state index is 12.2. The van der Waals surface area contributed by atoms with E-state index in [0.717, 1.165) is 15.9 Å². The molecule has 0 saturated heterocycles. The summed E-state index contributed by atoms with van der Waals surface area (Å²) in [5.74, 6) is 0.447. The van der Waals surface area contributed by atoms with Crippen LogP contribution in [0.25, 0.3) is 0 Å². The SMILES string of the molecule is COc1ccc(Br)c(C(=O)NCc2cc(C)ncn2)c1. The van der Waals surface area contributed by atoms with Crippen LogP contribution < -0.4 is 10.1 Å². The minimum Gasteiger partial charge on any atom is -0.497 e. The molecule has 0 aliphatic rings. The van der Waals surface area contributed by atoms with E-state index in [-0.39, 0.29) is 5.91 Å². The Kier molecular flexibility index (Phi) is 4.68. The molecule has 0 aliphatic carbocycles. The zero-order valence-electron chi connectivity index (χ0n) is 11.2. The highest BCUT2D eigenvalue weighted by atomic mass is 79.9. The molecule has 1 amide bonds. The number of halogens is 1. The summed E-state index contributed by atoms with van der Waals surface area (Å²) in [6.45, 7) is 2.23. The number of carbonyl (C=O) groups is 1. The second-order valence-corrected chi connectivity index (χ2v) is 5.03. The molecule has 0 spiro atoms. The smallest absolute Gasteiger partial charge is 0.252 e. The highest BCUT2D eigenvalue weighted by Crippen LogP contribution is 2.22. The second-order valence-electron chi connectivity index (χ2n) is 4.18. The van der Waals surface area contributed by atoms with Crippen LogP contribution in [-0.4, -0.2) is 23.0 Å². The zero-order valence-corrected chi connectivity index (χ0v) is 12.8. The van der Waals surface area contributed by atoms with E-state index in [9.17, 15) is 4.79 Å². The van der Waals surface area contributed by atoms with Crippen molar-refractivity contribution in [2.45, 2.75) is 13.5 Å². The van der Waals surface area contributed by atoms with Gasteiger partial charge in [0, 0.05) is 10.2 Å². The van der Waals surface area contributed by atoms with Crippen molar-refractivity contribution >= 4 is 21.8 Å². The monoisotopic (exact) mass is 335 g/mol. The number of methoxy groups -OCH3 is 1. The first-order valence-corrected chi connectivity index (χ1v) is 6.78. The van der Waals surface area contributed by atoms with Crippen molar-refractivity contribution in [2.24, 2.45) is 0 Å². The quantitative estimate of drug-likeness (QED) is 0.932. The summed E-state index contributed by atoms with van der Waals surface area (Å²) in [6.07, 6.45) is 1.48. The first-order chi connectivity index (χ1) is 9.60. The molecule has 20 heavy (non-hydrogen) atoms. The summed E-state index contributed by atoms with van der Waals surface area (Å²) in [4.78, 5) is 20.3. The first kappa shape index (κ1) is 14.5. The summed E-state index contributed by atoms with van der Waals surface area (Å²) in [5.41, 5.74) is 2.16. The third-order valence-electron chi connectivity index (χ3n) is 2.71. The van der Waals surface area contributed by atoms with Crippen LogP contribution in [0.4, 0.5) is 0 Å². The Balaban J connectivity index is 2.08. The molecule has 1 heterocycles. The van der Waals surface area contributed by atoms with Crippen LogP contribution in [0.5, 0.6) is 5.75 Å². The summed E-state index contributed by atoms with van der Waals surface area (Å²) in [5, 5.41) is 2.82. The van der Waals surface area contributed by atoms with Gasteiger partial charge in [0.1, 0.15) is 12.1 Å². The predicted molar refractivity (Wildman–Crippen MR) is 78.6 cm³/mol. The fourth-order valence-electron chi connectivity index (χ4n) is 1.68. The normalized spacial score (nSPS) is 10.2. The fourth-order valence-corrected chi connectivity index (χ4v) is 2.10. The number of aromatic nitrogens is 2. The molecule has 2 aromatic rings. The van der Waals surface area contributed by atoms with Crippen LogP contribution in [0.3, 0.4) is 0 Å². The minimum absolute atomic E-state index is 0.188. The van der Waals surface area contributed by atoms with E-state index in [2.05, 4.69) is 31.2 Å². The summed E-state index contributed by atoms with van der Waals surface area (Å²) >= 11 is 3.36. The molecule has 1 aromatic heterocycles. The number of nitrogens with zero attached hydrogens (tertiary/aromatic N) is 2. The number of benzene rings is 1. The van der Waals surface area contributed by atoms with Crippen molar-refractivity contribution in [3.63, 3.8) is 0 Å². The van der Waals surface area contributed by atoms with Gasteiger partial charge in [0.15, 0.2) is 0 Å². The van der Waals surface area contributed by atoms with E-state index < -0.39 is 0 Å². The van der Waals surface area contributed by atoms with Gasteiger partial charge in [-0.1, -0.05) is 0 Å². The molecule has 0 radical (unpaired) electrons. The maximum absolute atomic E-state index is 12.2. The van der Waals surface area contributed by atoms with Gasteiger partial charge in [0.25, 0.3) is 5.91 Å². The van der Waals surface area contributed by atoms with Gasteiger partial charge in [-0.25, -0.2) is 9.97 Å². The average Bonchev–Trinajstić information content (AvgIpc) is 2.45. The molecule has 2 rings (SSSR count). The largest absolute Gasteiger partial charge is 0.497 e. The van der Waals surface area contributed by atoms with Gasteiger partial charge < -0.3 is 10.1 Å². The van der Waals surface area contributed by atoms with Gasteiger partial charge in [0.2, 0.25) is 0 Å². The van der Waals surface area contributed by atoms with Crippen molar-refractivity contribution in [3.05, 3.63) is 52.0 Å². The molecule has 1 aromatic carbocycles. The number of amides is 1. The van der Waals surface area contributed by atoms with E-state index in [0.29, 0.717) is 17.9 Å². The van der Waals surface area contributed by atoms with Gasteiger partial charge in [0.05, 0.1) is 24.9 Å². The molecule has 5 nitrogen and oxygen atoms in total. The number of carbonyl (C=O) groups excluding carboxylic acids is 1. The van der Waals surface area contributed by atoms with E-state index in [1.54, 1.807) is 25.3 Å². The molecule has 0 atom stereocenters. The summed E-state index contributed by atoms with van der Waals surface area (Å²) in [7, 11) is 1.56. The number of nitrogens with one attached hydrogen (secondary N) is 1. The average molecular weight is 336 g/mol. The fraction of sp³-hybridized carbons (Fsp3) is 0.214. The minimum atomic E-state index is -0.188. The Morgan fingerprint density at radius 2 is 2.15 bits per heavy atom. The lowest BCUT2D eigenvalue weighted by atomic mass is 10.2. The molecular formula is C14H14BrN3O2. The Labute approximate surface area is 125 Å². The lowest BCUT2D eigenvalue weighted by Gasteiger charge is -2.08. The van der Waals surface area contributed by atoms with Gasteiger partial charge in [-0.15, -0.1) is 0 Å². The van der Waals surface area contributed by atoms with E-state index in [1.807, 2.05) is 13.0 Å². The highest BCUT2D eigenvalue weighted by Gasteiger charge is 2.11. The van der Waals surface area contributed by atoms with E-state index >= 15 is 0 Å². The molecule has 1 N–H and O–H groups in total. The summed E-state index contributed by atoms with van der Waals surface area (Å²) < 4.78 is 5.83. The molecule has 0 bridgehead atoms. The van der Waals surface area contributed by atoms with Crippen molar-refractivity contribution in [3.8, 4) is 5.75 Å². The third kappa shape index (κ3) is 3.54. The van der Waals surface area contributed by atoms with Gasteiger partial charge in [-0.2, -0.15) is 0 Å². The van der Waals surface area contributed by atoms with Gasteiger partial charge in [-0.3, -0.25) is 4.79 Å². The molecular weight excluding hydrogens is 322 g/mol. The first-order valence-electron chi connectivity index (χ1n) is 5.99. The Hall–Kier alpha value is -1.95. The molecule has 0 unspecified atom stereocenters. The lowest BCUT2D eigenvalue weighted by Crippen LogP contribution is -2.23. The standard InChI is InChI=1S/C14H14BrN3O2/c1-9-5-10(18-8-17-9)7-16-14(19)12-6-11(20-2)3-4-13(12)15/h3-6,8H,7H2,1-2H3,(H,16,19). The number of rotatable bonds is 4. The van der Waals surface area contributed by atoms with Crippen LogP contribution >= 0.6 is 15.9 Å². The highest BCUT2D eigenvalue weighted by molar-refractivity contribution is 9.10. The number of aryl methyl sites for hydroxylation is 1. The zero-order chi connectivity index (χ0) is 14.5. The Morgan fingerprint density at radius 1 is 1.35 bits per heavy atom. The second kappa shape index (κ2) is 6.47. The van der Waals surface area contributed by atoms with Crippen LogP contribution in [0.15, 0.2) is 35.1 Å². The Morgan fingerprint density at radius 3 is 2.85 bits per heavy atom. The molecule has 104 valence electrons. The molecule has 0 saturated carbocycles.